The molecule has 0 radical (unpaired) electrons. The Kier molecular flexibility index (Phi) is 8.30. The highest BCUT2D eigenvalue weighted by Gasteiger charge is 2.23. The van der Waals surface area contributed by atoms with E-state index >= 15 is 0 Å². The van der Waals surface area contributed by atoms with Gasteiger partial charge in [-0.2, -0.15) is 0 Å². The van der Waals surface area contributed by atoms with Crippen molar-refractivity contribution in [1.82, 2.24) is 19.5 Å². The first-order valence-corrected chi connectivity index (χ1v) is 20.3. The van der Waals surface area contributed by atoms with E-state index in [1.54, 1.807) is 11.3 Å². The third kappa shape index (κ3) is 5.80. The summed E-state index contributed by atoms with van der Waals surface area (Å²) in [6.45, 7) is 0. The first-order valence-electron chi connectivity index (χ1n) is 19.5. The van der Waals surface area contributed by atoms with Gasteiger partial charge in [-0.1, -0.05) is 181 Å². The molecule has 11 aromatic rings. The van der Waals surface area contributed by atoms with Crippen molar-refractivity contribution in [2.24, 2.45) is 0 Å². The van der Waals surface area contributed by atoms with E-state index in [0.717, 1.165) is 93.7 Å². The van der Waals surface area contributed by atoms with Crippen LogP contribution in [0.5, 0.6) is 0 Å². The minimum absolute atomic E-state index is 0.909. The Morgan fingerprint density at radius 3 is 1.22 bits per heavy atom. The Balaban J connectivity index is 1.20. The van der Waals surface area contributed by atoms with Crippen molar-refractivity contribution >= 4 is 43.4 Å². The largest absolute Gasteiger partial charge is 0.285 e. The number of nitrogens with zero attached hydrogens (tertiary/aromatic N) is 4. The van der Waals surface area contributed by atoms with Crippen molar-refractivity contribution < 1.29 is 0 Å². The lowest BCUT2D eigenvalue weighted by Crippen LogP contribution is -1.96. The topological polar surface area (TPSA) is 43.6 Å². The van der Waals surface area contributed by atoms with Crippen LogP contribution >= 0.6 is 11.3 Å². The normalized spacial score (nSPS) is 11.4. The van der Waals surface area contributed by atoms with Gasteiger partial charge in [-0.3, -0.25) is 4.57 Å². The summed E-state index contributed by atoms with van der Waals surface area (Å²) in [5, 5.41) is 3.32. The molecular formula is C53H34N4S. The van der Waals surface area contributed by atoms with E-state index < -0.39 is 0 Å². The molecule has 0 saturated heterocycles. The molecule has 4 nitrogen and oxygen atoms in total. The number of hydrogen-bond acceptors (Lipinski definition) is 4. The molecule has 0 spiro atoms. The summed E-state index contributed by atoms with van der Waals surface area (Å²) in [6, 6.07) is 72.3. The molecule has 0 amide bonds. The molecule has 272 valence electrons. The lowest BCUT2D eigenvalue weighted by atomic mass is 9.93. The Labute approximate surface area is 340 Å². The fourth-order valence-electron chi connectivity index (χ4n) is 8.17. The van der Waals surface area contributed by atoms with Gasteiger partial charge < -0.3 is 0 Å². The molecule has 0 N–H and O–H groups in total. The van der Waals surface area contributed by atoms with Crippen molar-refractivity contribution in [2.45, 2.75) is 0 Å². The number of para-hydroxylation sites is 2. The smallest absolute Gasteiger partial charge is 0.195 e. The number of aromatic nitrogens is 4. The molecule has 58 heavy (non-hydrogen) atoms. The average Bonchev–Trinajstić information content (AvgIpc) is 3.89. The summed E-state index contributed by atoms with van der Waals surface area (Å²) in [7, 11) is 0. The molecule has 0 aliphatic heterocycles. The summed E-state index contributed by atoms with van der Waals surface area (Å²) < 4.78 is 3.42. The molecule has 0 atom stereocenters. The van der Waals surface area contributed by atoms with Gasteiger partial charge >= 0.3 is 0 Å². The van der Waals surface area contributed by atoms with Gasteiger partial charge in [0.05, 0.1) is 44.0 Å². The average molecular weight is 759 g/mol. The zero-order valence-electron chi connectivity index (χ0n) is 31.3. The van der Waals surface area contributed by atoms with Crippen molar-refractivity contribution in [2.75, 3.05) is 0 Å². The first kappa shape index (κ1) is 33.8. The van der Waals surface area contributed by atoms with E-state index in [1.807, 2.05) is 12.1 Å². The fourth-order valence-corrected chi connectivity index (χ4v) is 9.32. The van der Waals surface area contributed by atoms with Crippen LogP contribution in [0.25, 0.3) is 104 Å². The van der Waals surface area contributed by atoms with E-state index in [0.29, 0.717) is 0 Å². The molecular weight excluding hydrogens is 725 g/mol. The molecule has 0 fully saturated rings. The van der Waals surface area contributed by atoms with Crippen molar-refractivity contribution in [3.63, 3.8) is 0 Å². The van der Waals surface area contributed by atoms with Crippen molar-refractivity contribution in [3.05, 3.63) is 206 Å². The lowest BCUT2D eigenvalue weighted by Gasteiger charge is -2.15. The summed E-state index contributed by atoms with van der Waals surface area (Å²) in [5.74, 6) is 0. The highest BCUT2D eigenvalue weighted by Crippen LogP contribution is 2.46. The molecule has 0 bridgehead atoms. The molecule has 0 unspecified atom stereocenters. The van der Waals surface area contributed by atoms with E-state index in [1.165, 1.54) is 10.8 Å². The zero-order chi connectivity index (χ0) is 38.4. The SMILES string of the molecule is c1ccc(-c2ccc(-c3ccc(-c4ccc(-c5ccccc5)nc4-c4ccccc4)c4sc(-n5c6ccccc6c6ccccc65)nc34)c(-c3ccccc3)n2)cc1. The van der Waals surface area contributed by atoms with Gasteiger partial charge in [0.1, 0.15) is 0 Å². The van der Waals surface area contributed by atoms with E-state index in [9.17, 15) is 0 Å². The quantitative estimate of drug-likeness (QED) is 0.163. The lowest BCUT2D eigenvalue weighted by molar-refractivity contribution is 1.15. The maximum absolute atomic E-state index is 5.63. The van der Waals surface area contributed by atoms with E-state index in [4.69, 9.17) is 15.0 Å². The molecule has 0 aliphatic rings. The van der Waals surface area contributed by atoms with Crippen LogP contribution in [0.15, 0.2) is 206 Å². The van der Waals surface area contributed by atoms with Crippen LogP contribution in [-0.4, -0.2) is 19.5 Å². The molecule has 0 saturated carbocycles. The van der Waals surface area contributed by atoms with Gasteiger partial charge in [0, 0.05) is 55.3 Å². The van der Waals surface area contributed by atoms with Crippen LogP contribution in [0.2, 0.25) is 0 Å². The fraction of sp³-hybridized carbons (Fsp3) is 0. The molecule has 5 heteroatoms. The second kappa shape index (κ2) is 14.2. The predicted octanol–water partition coefficient (Wildman–Crippen LogP) is 14.2. The third-order valence-electron chi connectivity index (χ3n) is 10.9. The summed E-state index contributed by atoms with van der Waals surface area (Å²) in [6.07, 6.45) is 0. The Bertz CT molecular complexity index is 3050. The number of pyridine rings is 2. The third-order valence-corrected chi connectivity index (χ3v) is 12.0. The predicted molar refractivity (Wildman–Crippen MR) is 242 cm³/mol. The zero-order valence-corrected chi connectivity index (χ0v) is 32.1. The van der Waals surface area contributed by atoms with Gasteiger partial charge in [-0.05, 0) is 36.4 Å². The van der Waals surface area contributed by atoms with Crippen LogP contribution in [0, 0.1) is 0 Å². The Morgan fingerprint density at radius 2 is 0.724 bits per heavy atom. The highest BCUT2D eigenvalue weighted by atomic mass is 32.1. The van der Waals surface area contributed by atoms with Gasteiger partial charge in [0.25, 0.3) is 0 Å². The minimum atomic E-state index is 0.909. The van der Waals surface area contributed by atoms with Gasteiger partial charge in [-0.25, -0.2) is 15.0 Å². The number of thiazole rings is 1. The van der Waals surface area contributed by atoms with E-state index in [2.05, 4.69) is 199 Å². The molecule has 4 aromatic heterocycles. The van der Waals surface area contributed by atoms with Crippen LogP contribution in [0.1, 0.15) is 0 Å². The molecule has 4 heterocycles. The van der Waals surface area contributed by atoms with Crippen LogP contribution < -0.4 is 0 Å². The maximum atomic E-state index is 5.63. The Hall–Kier alpha value is -7.47. The van der Waals surface area contributed by atoms with Crippen LogP contribution in [0.4, 0.5) is 0 Å². The summed E-state index contributed by atoms with van der Waals surface area (Å²) >= 11 is 1.72. The highest BCUT2D eigenvalue weighted by molar-refractivity contribution is 7.21. The monoisotopic (exact) mass is 758 g/mol. The van der Waals surface area contributed by atoms with E-state index in [-0.39, 0.29) is 0 Å². The van der Waals surface area contributed by atoms with Crippen LogP contribution in [0.3, 0.4) is 0 Å². The van der Waals surface area contributed by atoms with Crippen molar-refractivity contribution in [3.8, 4) is 72.4 Å². The van der Waals surface area contributed by atoms with Crippen LogP contribution in [-0.2, 0) is 0 Å². The van der Waals surface area contributed by atoms with Gasteiger partial charge in [-0.15, -0.1) is 0 Å². The number of fused-ring (bicyclic) bond motifs is 4. The number of rotatable bonds is 7. The van der Waals surface area contributed by atoms with Gasteiger partial charge in [0.15, 0.2) is 5.13 Å². The minimum Gasteiger partial charge on any atom is -0.285 e. The Morgan fingerprint density at radius 1 is 0.328 bits per heavy atom. The molecule has 11 rings (SSSR count). The standard InChI is InChI=1S/C53H34N4S/c1-5-17-35(18-6-1)45-33-31-41(49(54-45)37-21-9-3-10-22-37)42-29-30-44(43-32-34-46(36-19-7-2-8-20-36)55-50(43)38-23-11-4-12-24-38)52-51(42)56-53(58-52)57-47-27-15-13-25-39(47)40-26-14-16-28-48(40)57/h1-34H. The van der Waals surface area contributed by atoms with Gasteiger partial charge in [0.2, 0.25) is 0 Å². The maximum Gasteiger partial charge on any atom is 0.195 e. The second-order valence-electron chi connectivity index (χ2n) is 14.4. The molecule has 7 aromatic carbocycles. The number of hydrogen-bond donors (Lipinski definition) is 0. The second-order valence-corrected chi connectivity index (χ2v) is 15.3. The first-order chi connectivity index (χ1) is 28.8. The molecule has 0 aliphatic carbocycles. The van der Waals surface area contributed by atoms with Crippen molar-refractivity contribution in [1.29, 1.82) is 0 Å². The summed E-state index contributed by atoms with van der Waals surface area (Å²) in [5.41, 5.74) is 15.4. The number of benzene rings is 7. The summed E-state index contributed by atoms with van der Waals surface area (Å²) in [4.78, 5) is 16.4.